The zero-order valence-corrected chi connectivity index (χ0v) is 13.9. The van der Waals surface area contributed by atoms with Crippen LogP contribution in [0.2, 0.25) is 0 Å². The molecule has 0 aliphatic heterocycles. The van der Waals surface area contributed by atoms with Gasteiger partial charge in [0.05, 0.1) is 4.47 Å². The molecule has 1 aliphatic rings. The average Bonchev–Trinajstić information content (AvgIpc) is 2.92. The molecule has 0 heterocycles. The van der Waals surface area contributed by atoms with E-state index in [1.165, 1.54) is 36.0 Å². The van der Waals surface area contributed by atoms with Crippen LogP contribution in [0.4, 0.5) is 10.1 Å². The Bertz CT molecular complexity index is 681. The summed E-state index contributed by atoms with van der Waals surface area (Å²) in [5.41, 5.74) is 6.11. The highest BCUT2D eigenvalue weighted by atomic mass is 79.9. The minimum absolute atomic E-state index is 0.162. The van der Waals surface area contributed by atoms with Crippen molar-refractivity contribution in [2.45, 2.75) is 39.2 Å². The molecule has 0 fully saturated rings. The first-order chi connectivity index (χ1) is 10.0. The van der Waals surface area contributed by atoms with Crippen LogP contribution in [-0.2, 0) is 12.8 Å². The van der Waals surface area contributed by atoms with Crippen molar-refractivity contribution in [1.29, 1.82) is 0 Å². The van der Waals surface area contributed by atoms with E-state index < -0.39 is 0 Å². The van der Waals surface area contributed by atoms with Gasteiger partial charge < -0.3 is 5.32 Å². The molecule has 1 N–H and O–H groups in total. The minimum atomic E-state index is -0.232. The molecular formula is C18H19BrFN. The van der Waals surface area contributed by atoms with E-state index in [4.69, 9.17) is 0 Å². The third-order valence-electron chi connectivity index (χ3n) is 4.26. The van der Waals surface area contributed by atoms with Crippen LogP contribution in [0, 0.1) is 12.7 Å². The van der Waals surface area contributed by atoms with Gasteiger partial charge in [-0.1, -0.05) is 18.2 Å². The molecule has 1 unspecified atom stereocenters. The number of hydrogen-bond donors (Lipinski definition) is 1. The molecule has 3 heteroatoms. The van der Waals surface area contributed by atoms with Crippen molar-refractivity contribution >= 4 is 21.6 Å². The maximum atomic E-state index is 13.7. The molecule has 0 saturated heterocycles. The number of benzene rings is 2. The molecule has 1 atom stereocenters. The molecule has 0 amide bonds. The Morgan fingerprint density at radius 2 is 1.90 bits per heavy atom. The average molecular weight is 348 g/mol. The Balaban J connectivity index is 1.83. The molecule has 0 radical (unpaired) electrons. The van der Waals surface area contributed by atoms with Crippen LogP contribution in [0.5, 0.6) is 0 Å². The Morgan fingerprint density at radius 1 is 1.14 bits per heavy atom. The number of fused-ring (bicyclic) bond motifs is 1. The largest absolute Gasteiger partial charge is 0.378 e. The van der Waals surface area contributed by atoms with E-state index in [1.54, 1.807) is 6.07 Å². The lowest BCUT2D eigenvalue weighted by molar-refractivity contribution is 0.620. The third kappa shape index (κ3) is 2.98. The minimum Gasteiger partial charge on any atom is -0.378 e. The van der Waals surface area contributed by atoms with Crippen LogP contribution >= 0.6 is 15.9 Å². The standard InChI is InChI=1S/C18H19BrFN/c1-11-8-16(19)17(20)10-18(11)21-12(2)14-7-6-13-4-3-5-15(13)9-14/h6-10,12,21H,3-5H2,1-2H3. The summed E-state index contributed by atoms with van der Waals surface area (Å²) in [7, 11) is 0. The van der Waals surface area contributed by atoms with Gasteiger partial charge in [-0.2, -0.15) is 0 Å². The lowest BCUT2D eigenvalue weighted by Gasteiger charge is -2.19. The summed E-state index contributed by atoms with van der Waals surface area (Å²) in [6.07, 6.45) is 3.65. The van der Waals surface area contributed by atoms with E-state index in [0.29, 0.717) is 4.47 Å². The summed E-state index contributed by atoms with van der Waals surface area (Å²) < 4.78 is 14.2. The summed E-state index contributed by atoms with van der Waals surface area (Å²) in [4.78, 5) is 0. The fraction of sp³-hybridized carbons (Fsp3) is 0.333. The maximum absolute atomic E-state index is 13.7. The van der Waals surface area contributed by atoms with Crippen LogP contribution in [0.1, 0.15) is 41.6 Å². The van der Waals surface area contributed by atoms with Gasteiger partial charge in [0.2, 0.25) is 0 Å². The Kier molecular flexibility index (Phi) is 4.03. The summed E-state index contributed by atoms with van der Waals surface area (Å²) >= 11 is 3.22. The van der Waals surface area contributed by atoms with Crippen molar-refractivity contribution in [1.82, 2.24) is 0 Å². The van der Waals surface area contributed by atoms with Gasteiger partial charge in [0, 0.05) is 11.7 Å². The van der Waals surface area contributed by atoms with E-state index >= 15 is 0 Å². The van der Waals surface area contributed by atoms with Crippen molar-refractivity contribution in [2.75, 3.05) is 5.32 Å². The van der Waals surface area contributed by atoms with Crippen LogP contribution in [-0.4, -0.2) is 0 Å². The predicted molar refractivity (Wildman–Crippen MR) is 89.3 cm³/mol. The topological polar surface area (TPSA) is 12.0 Å². The second kappa shape index (κ2) is 5.80. The van der Waals surface area contributed by atoms with Crippen molar-refractivity contribution in [3.63, 3.8) is 0 Å². The molecule has 21 heavy (non-hydrogen) atoms. The molecular weight excluding hydrogens is 329 g/mol. The SMILES string of the molecule is Cc1cc(Br)c(F)cc1NC(C)c1ccc2c(c1)CCC2. The Morgan fingerprint density at radius 3 is 2.71 bits per heavy atom. The fourth-order valence-corrected chi connectivity index (χ4v) is 3.44. The highest BCUT2D eigenvalue weighted by Gasteiger charge is 2.14. The van der Waals surface area contributed by atoms with E-state index in [2.05, 4.69) is 46.4 Å². The molecule has 0 bridgehead atoms. The molecule has 0 spiro atoms. The number of halogens is 2. The highest BCUT2D eigenvalue weighted by molar-refractivity contribution is 9.10. The van der Waals surface area contributed by atoms with Crippen LogP contribution in [0.3, 0.4) is 0 Å². The van der Waals surface area contributed by atoms with Gasteiger partial charge in [-0.15, -0.1) is 0 Å². The van der Waals surface area contributed by atoms with E-state index in [1.807, 2.05) is 13.0 Å². The van der Waals surface area contributed by atoms with Gasteiger partial charge in [-0.05, 0) is 83.4 Å². The molecule has 1 aliphatic carbocycles. The molecule has 0 saturated carbocycles. The van der Waals surface area contributed by atoms with Crippen LogP contribution in [0.25, 0.3) is 0 Å². The van der Waals surface area contributed by atoms with Crippen molar-refractivity contribution in [3.8, 4) is 0 Å². The van der Waals surface area contributed by atoms with Crippen molar-refractivity contribution in [3.05, 3.63) is 62.9 Å². The Labute approximate surface area is 133 Å². The molecule has 110 valence electrons. The maximum Gasteiger partial charge on any atom is 0.139 e. The number of nitrogens with one attached hydrogen (secondary N) is 1. The predicted octanol–water partition coefficient (Wildman–Crippen LogP) is 5.56. The van der Waals surface area contributed by atoms with Gasteiger partial charge in [-0.3, -0.25) is 0 Å². The fourth-order valence-electron chi connectivity index (χ4n) is 2.98. The van der Waals surface area contributed by atoms with Gasteiger partial charge in [0.15, 0.2) is 0 Å². The van der Waals surface area contributed by atoms with Crippen molar-refractivity contribution in [2.24, 2.45) is 0 Å². The first kappa shape index (κ1) is 14.6. The van der Waals surface area contributed by atoms with Crippen LogP contribution in [0.15, 0.2) is 34.8 Å². The van der Waals surface area contributed by atoms with Crippen LogP contribution < -0.4 is 5.32 Å². The highest BCUT2D eigenvalue weighted by Crippen LogP contribution is 2.29. The van der Waals surface area contributed by atoms with Gasteiger partial charge in [0.1, 0.15) is 5.82 Å². The van der Waals surface area contributed by atoms with Gasteiger partial charge in [-0.25, -0.2) is 4.39 Å². The first-order valence-electron chi connectivity index (χ1n) is 7.38. The smallest absolute Gasteiger partial charge is 0.139 e. The molecule has 1 nitrogen and oxygen atoms in total. The summed E-state index contributed by atoms with van der Waals surface area (Å²) in [6, 6.07) is 10.3. The molecule has 2 aromatic rings. The van der Waals surface area contributed by atoms with Crippen molar-refractivity contribution < 1.29 is 4.39 Å². The lowest BCUT2D eigenvalue weighted by atomic mass is 10.0. The second-order valence-electron chi connectivity index (χ2n) is 5.83. The molecule has 0 aromatic heterocycles. The second-order valence-corrected chi connectivity index (χ2v) is 6.68. The molecule has 2 aromatic carbocycles. The molecule has 3 rings (SSSR count). The van der Waals surface area contributed by atoms with E-state index in [9.17, 15) is 4.39 Å². The first-order valence-corrected chi connectivity index (χ1v) is 8.18. The third-order valence-corrected chi connectivity index (χ3v) is 4.87. The lowest BCUT2D eigenvalue weighted by Crippen LogP contribution is -2.08. The number of hydrogen-bond acceptors (Lipinski definition) is 1. The Hall–Kier alpha value is -1.35. The zero-order valence-electron chi connectivity index (χ0n) is 12.3. The normalized spacial score (nSPS) is 14.9. The number of anilines is 1. The quantitative estimate of drug-likeness (QED) is 0.766. The summed E-state index contributed by atoms with van der Waals surface area (Å²) in [5.74, 6) is -0.232. The number of rotatable bonds is 3. The van der Waals surface area contributed by atoms with Gasteiger partial charge >= 0.3 is 0 Å². The van der Waals surface area contributed by atoms with Gasteiger partial charge in [0.25, 0.3) is 0 Å². The summed E-state index contributed by atoms with van der Waals surface area (Å²) in [6.45, 7) is 4.11. The van der Waals surface area contributed by atoms with E-state index in [0.717, 1.165) is 11.3 Å². The zero-order chi connectivity index (χ0) is 15.0. The number of aryl methyl sites for hydroxylation is 3. The summed E-state index contributed by atoms with van der Waals surface area (Å²) in [5, 5.41) is 3.42. The van der Waals surface area contributed by atoms with E-state index in [-0.39, 0.29) is 11.9 Å². The monoisotopic (exact) mass is 347 g/mol.